The zero-order chi connectivity index (χ0) is 11.6. The molecule has 0 aromatic carbocycles. The Morgan fingerprint density at radius 2 is 2.20 bits per heavy atom. The van der Waals surface area contributed by atoms with Crippen LogP contribution >= 0.6 is 22.6 Å². The number of hydrogen-bond donors (Lipinski definition) is 0. The third kappa shape index (κ3) is 2.42. The smallest absolute Gasteiger partial charge is 0.339 e. The quantitative estimate of drug-likeness (QED) is 0.619. The summed E-state index contributed by atoms with van der Waals surface area (Å²) >= 11 is 1.75. The molecule has 6 heteroatoms. The van der Waals surface area contributed by atoms with Crippen molar-refractivity contribution in [2.24, 2.45) is 0 Å². The van der Waals surface area contributed by atoms with Crippen molar-refractivity contribution >= 4 is 28.6 Å². The van der Waals surface area contributed by atoms with Crippen molar-refractivity contribution in [3.63, 3.8) is 0 Å². The second kappa shape index (κ2) is 4.82. The molecule has 0 unspecified atom stereocenters. The number of aromatic nitrogens is 1. The first-order valence-corrected chi connectivity index (χ1v) is 5.08. The Balaban J connectivity index is 3.40. The fourth-order valence-corrected chi connectivity index (χ4v) is 1.75. The van der Waals surface area contributed by atoms with Crippen molar-refractivity contribution < 1.29 is 18.3 Å². The number of rotatable bonds is 2. The molecule has 0 saturated carbocycles. The zero-order valence-corrected chi connectivity index (χ0v) is 10.2. The summed E-state index contributed by atoms with van der Waals surface area (Å²) in [6.07, 6.45) is -1.60. The van der Waals surface area contributed by atoms with Gasteiger partial charge in [-0.15, -0.1) is 0 Å². The minimum Gasteiger partial charge on any atom is -0.465 e. The van der Waals surface area contributed by atoms with Crippen LogP contribution in [-0.2, 0) is 4.74 Å². The first kappa shape index (κ1) is 12.3. The van der Waals surface area contributed by atoms with Gasteiger partial charge in [-0.2, -0.15) is 0 Å². The minimum absolute atomic E-state index is 0.178. The maximum Gasteiger partial charge on any atom is 0.339 e. The molecular formula is C9H8F2INO2. The van der Waals surface area contributed by atoms with Crippen LogP contribution in [0.25, 0.3) is 0 Å². The van der Waals surface area contributed by atoms with E-state index >= 15 is 0 Å². The summed E-state index contributed by atoms with van der Waals surface area (Å²) in [6.45, 7) is 1.61. The standard InChI is InChI=1S/C9H8F2INO2/c1-4-7(12)6(8(10)11)5(3-13-4)9(14)15-2/h3,8H,1-2H3. The maximum absolute atomic E-state index is 12.7. The Morgan fingerprint density at radius 3 is 2.67 bits per heavy atom. The molecule has 1 heterocycles. The first-order chi connectivity index (χ1) is 6.99. The van der Waals surface area contributed by atoms with Crippen molar-refractivity contribution in [1.82, 2.24) is 4.98 Å². The number of halogens is 3. The van der Waals surface area contributed by atoms with Gasteiger partial charge < -0.3 is 4.74 Å². The van der Waals surface area contributed by atoms with Crippen LogP contribution in [0.15, 0.2) is 6.20 Å². The molecule has 0 amide bonds. The number of esters is 1. The summed E-state index contributed by atoms with van der Waals surface area (Å²) in [5.74, 6) is -0.796. The van der Waals surface area contributed by atoms with E-state index in [2.05, 4.69) is 9.72 Å². The lowest BCUT2D eigenvalue weighted by Gasteiger charge is -2.10. The van der Waals surface area contributed by atoms with E-state index in [-0.39, 0.29) is 11.1 Å². The summed E-state index contributed by atoms with van der Waals surface area (Å²) in [4.78, 5) is 15.1. The number of carbonyl (C=O) groups excluding carboxylic acids is 1. The molecule has 82 valence electrons. The van der Waals surface area contributed by atoms with Crippen LogP contribution < -0.4 is 0 Å². The monoisotopic (exact) mass is 327 g/mol. The number of methoxy groups -OCH3 is 1. The fraction of sp³-hybridized carbons (Fsp3) is 0.333. The van der Waals surface area contributed by atoms with E-state index in [1.54, 1.807) is 29.5 Å². The summed E-state index contributed by atoms with van der Waals surface area (Å²) in [6, 6.07) is 0. The van der Waals surface area contributed by atoms with Gasteiger partial charge in [0, 0.05) is 15.3 Å². The van der Waals surface area contributed by atoms with Crippen LogP contribution in [-0.4, -0.2) is 18.1 Å². The lowest BCUT2D eigenvalue weighted by atomic mass is 10.1. The summed E-state index contributed by atoms with van der Waals surface area (Å²) in [7, 11) is 1.14. The van der Waals surface area contributed by atoms with Crippen LogP contribution in [0.5, 0.6) is 0 Å². The highest BCUT2D eigenvalue weighted by Crippen LogP contribution is 2.29. The highest BCUT2D eigenvalue weighted by atomic mass is 127. The van der Waals surface area contributed by atoms with Crippen LogP contribution in [0.4, 0.5) is 8.78 Å². The lowest BCUT2D eigenvalue weighted by Crippen LogP contribution is -2.10. The molecule has 1 rings (SSSR count). The van der Waals surface area contributed by atoms with Crippen molar-refractivity contribution in [2.45, 2.75) is 13.3 Å². The Kier molecular flexibility index (Phi) is 3.95. The van der Waals surface area contributed by atoms with E-state index in [1.807, 2.05) is 0 Å². The van der Waals surface area contributed by atoms with Gasteiger partial charge in [0.25, 0.3) is 6.43 Å². The van der Waals surface area contributed by atoms with Gasteiger partial charge in [0.15, 0.2) is 0 Å². The number of alkyl halides is 2. The molecule has 0 fully saturated rings. The molecular weight excluding hydrogens is 319 g/mol. The molecule has 1 aromatic heterocycles. The van der Waals surface area contributed by atoms with E-state index in [9.17, 15) is 13.6 Å². The van der Waals surface area contributed by atoms with Crippen molar-refractivity contribution in [1.29, 1.82) is 0 Å². The summed E-state index contributed by atoms with van der Waals surface area (Å²) in [5.41, 5.74) is -0.0176. The minimum atomic E-state index is -2.72. The molecule has 0 aliphatic heterocycles. The molecule has 0 N–H and O–H groups in total. The van der Waals surface area contributed by atoms with Crippen LogP contribution in [0, 0.1) is 10.5 Å². The zero-order valence-electron chi connectivity index (χ0n) is 8.05. The van der Waals surface area contributed by atoms with Gasteiger partial charge in [-0.1, -0.05) is 0 Å². The van der Waals surface area contributed by atoms with Crippen LogP contribution in [0.1, 0.15) is 28.0 Å². The number of hydrogen-bond acceptors (Lipinski definition) is 3. The highest BCUT2D eigenvalue weighted by molar-refractivity contribution is 14.1. The van der Waals surface area contributed by atoms with Crippen molar-refractivity contribution in [3.8, 4) is 0 Å². The first-order valence-electron chi connectivity index (χ1n) is 4.00. The maximum atomic E-state index is 12.7. The number of ether oxygens (including phenoxy) is 1. The highest BCUT2D eigenvalue weighted by Gasteiger charge is 2.23. The van der Waals surface area contributed by atoms with E-state index in [0.29, 0.717) is 9.26 Å². The van der Waals surface area contributed by atoms with Crippen molar-refractivity contribution in [3.05, 3.63) is 26.6 Å². The van der Waals surface area contributed by atoms with Crippen LogP contribution in [0.3, 0.4) is 0 Å². The summed E-state index contributed by atoms with van der Waals surface area (Å²) < 4.78 is 30.2. The number of aryl methyl sites for hydroxylation is 1. The van der Waals surface area contributed by atoms with Gasteiger partial charge in [0.2, 0.25) is 0 Å². The fourth-order valence-electron chi connectivity index (χ4n) is 1.09. The van der Waals surface area contributed by atoms with Gasteiger partial charge in [-0.25, -0.2) is 13.6 Å². The molecule has 1 aromatic rings. The van der Waals surface area contributed by atoms with Gasteiger partial charge in [0.05, 0.1) is 18.4 Å². The second-order valence-electron chi connectivity index (χ2n) is 2.78. The SMILES string of the molecule is COC(=O)c1cnc(C)c(I)c1C(F)F. The molecule has 0 atom stereocenters. The third-order valence-electron chi connectivity index (χ3n) is 1.86. The second-order valence-corrected chi connectivity index (χ2v) is 3.86. The Morgan fingerprint density at radius 1 is 1.60 bits per heavy atom. The molecule has 0 spiro atoms. The summed E-state index contributed by atoms with van der Waals surface area (Å²) in [5, 5.41) is 0. The predicted octanol–water partition coefficient (Wildman–Crippen LogP) is 2.72. The molecule has 15 heavy (non-hydrogen) atoms. The molecule has 0 radical (unpaired) electrons. The molecule has 0 bridgehead atoms. The van der Waals surface area contributed by atoms with E-state index in [4.69, 9.17) is 0 Å². The molecule has 0 aliphatic rings. The molecule has 3 nitrogen and oxygen atoms in total. The Bertz CT molecular complexity index is 396. The Labute approximate surface area is 99.0 Å². The lowest BCUT2D eigenvalue weighted by molar-refractivity contribution is 0.0588. The Hall–Kier alpha value is -0.790. The topological polar surface area (TPSA) is 39.2 Å². The number of pyridine rings is 1. The van der Waals surface area contributed by atoms with Gasteiger partial charge in [0.1, 0.15) is 0 Å². The van der Waals surface area contributed by atoms with E-state index in [0.717, 1.165) is 13.3 Å². The largest absolute Gasteiger partial charge is 0.465 e. The number of nitrogens with zero attached hydrogens (tertiary/aromatic N) is 1. The third-order valence-corrected chi connectivity index (χ3v) is 3.22. The molecule has 0 aliphatic carbocycles. The van der Waals surface area contributed by atoms with Gasteiger partial charge in [-0.05, 0) is 29.5 Å². The van der Waals surface area contributed by atoms with E-state index in [1.165, 1.54) is 0 Å². The predicted molar refractivity (Wildman–Crippen MR) is 58.0 cm³/mol. The van der Waals surface area contributed by atoms with Crippen molar-refractivity contribution in [2.75, 3.05) is 7.11 Å². The number of carbonyl (C=O) groups is 1. The normalized spacial score (nSPS) is 10.5. The van der Waals surface area contributed by atoms with Crippen LogP contribution in [0.2, 0.25) is 0 Å². The average Bonchev–Trinajstić information content (AvgIpc) is 2.20. The van der Waals surface area contributed by atoms with E-state index < -0.39 is 12.4 Å². The average molecular weight is 327 g/mol. The molecule has 0 saturated heterocycles. The van der Waals surface area contributed by atoms with Gasteiger partial charge >= 0.3 is 5.97 Å². The van der Waals surface area contributed by atoms with Gasteiger partial charge in [-0.3, -0.25) is 4.98 Å².